The fourth-order valence-electron chi connectivity index (χ4n) is 1.18. The van der Waals surface area contributed by atoms with Crippen molar-refractivity contribution in [1.29, 1.82) is 0 Å². The Hall–Kier alpha value is -2.08. The van der Waals surface area contributed by atoms with Crippen LogP contribution in [0.25, 0.3) is 0 Å². The lowest BCUT2D eigenvalue weighted by molar-refractivity contribution is 0.0685. The summed E-state index contributed by atoms with van der Waals surface area (Å²) in [6, 6.07) is 3.79. The number of benzene rings is 1. The molecule has 86 valence electrons. The normalized spacial score (nSPS) is 9.81. The Morgan fingerprint density at radius 2 is 1.62 bits per heavy atom. The number of carbonyl (C=O) groups is 2. The summed E-state index contributed by atoms with van der Waals surface area (Å²) in [4.78, 5) is 21.6. The number of para-hydroxylation sites is 1. The third-order valence-electron chi connectivity index (χ3n) is 1.81. The molecule has 0 saturated heterocycles. The zero-order chi connectivity index (χ0) is 12.1. The van der Waals surface area contributed by atoms with E-state index < -0.39 is 11.9 Å². The summed E-state index contributed by atoms with van der Waals surface area (Å²) in [5.41, 5.74) is -0.485. The van der Waals surface area contributed by atoms with Gasteiger partial charge in [0.15, 0.2) is 0 Å². The van der Waals surface area contributed by atoms with Gasteiger partial charge in [-0.15, -0.1) is 0 Å². The van der Waals surface area contributed by atoms with E-state index in [9.17, 15) is 9.59 Å². The third kappa shape index (κ3) is 2.48. The quantitative estimate of drug-likeness (QED) is 0.673. The summed E-state index contributed by atoms with van der Waals surface area (Å²) in [7, 11) is 0. The van der Waals surface area contributed by atoms with Crippen molar-refractivity contribution in [2.24, 2.45) is 0 Å². The number of rotatable bonds is 5. The van der Waals surface area contributed by atoms with Crippen molar-refractivity contribution in [3.8, 4) is 5.75 Å². The number of aliphatic hydroxyl groups is 1. The highest BCUT2D eigenvalue weighted by atomic mass is 16.5. The Bertz CT molecular complexity index is 380. The molecule has 0 heterocycles. The van der Waals surface area contributed by atoms with E-state index in [1.165, 1.54) is 18.2 Å². The van der Waals surface area contributed by atoms with Crippen molar-refractivity contribution in [1.82, 2.24) is 0 Å². The molecular weight excluding hydrogens is 216 g/mol. The molecule has 0 unspecified atom stereocenters. The summed E-state index contributed by atoms with van der Waals surface area (Å²) in [5.74, 6) is -2.80. The number of aliphatic hydroxyl groups excluding tert-OH is 1. The van der Waals surface area contributed by atoms with E-state index in [-0.39, 0.29) is 30.1 Å². The van der Waals surface area contributed by atoms with Gasteiger partial charge in [0.2, 0.25) is 0 Å². The highest BCUT2D eigenvalue weighted by Gasteiger charge is 2.19. The van der Waals surface area contributed by atoms with Crippen molar-refractivity contribution in [3.05, 3.63) is 29.3 Å². The van der Waals surface area contributed by atoms with E-state index in [4.69, 9.17) is 20.1 Å². The first-order chi connectivity index (χ1) is 7.57. The summed E-state index contributed by atoms with van der Waals surface area (Å²) in [6.45, 7) is -0.489. The van der Waals surface area contributed by atoms with E-state index in [0.29, 0.717) is 0 Å². The minimum atomic E-state index is -1.28. The maximum Gasteiger partial charge on any atom is 0.339 e. The van der Waals surface area contributed by atoms with E-state index in [1.807, 2.05) is 0 Å². The van der Waals surface area contributed by atoms with Gasteiger partial charge in [-0.05, 0) is 12.1 Å². The van der Waals surface area contributed by atoms with E-state index in [0.717, 1.165) is 0 Å². The number of carboxylic acids is 2. The predicted octanol–water partition coefficient (Wildman–Crippen LogP) is 0.454. The average Bonchev–Trinajstić information content (AvgIpc) is 2.25. The van der Waals surface area contributed by atoms with Gasteiger partial charge in [-0.25, -0.2) is 9.59 Å². The zero-order valence-corrected chi connectivity index (χ0v) is 8.21. The maximum absolute atomic E-state index is 10.8. The Kier molecular flexibility index (Phi) is 3.84. The fraction of sp³-hybridized carbons (Fsp3) is 0.200. The molecule has 6 nitrogen and oxygen atoms in total. The number of carboxylic acid groups (broad SMARTS) is 2. The minimum absolute atomic E-state index is 0.162. The van der Waals surface area contributed by atoms with Crippen LogP contribution in [-0.4, -0.2) is 40.5 Å². The van der Waals surface area contributed by atoms with Gasteiger partial charge in [0, 0.05) is 0 Å². The first-order valence-electron chi connectivity index (χ1n) is 4.41. The van der Waals surface area contributed by atoms with Crippen LogP contribution in [0.4, 0.5) is 0 Å². The van der Waals surface area contributed by atoms with Crippen LogP contribution in [0.3, 0.4) is 0 Å². The summed E-state index contributed by atoms with van der Waals surface area (Å²) in [6.07, 6.45) is 0. The van der Waals surface area contributed by atoms with Crippen molar-refractivity contribution in [2.75, 3.05) is 13.2 Å². The summed E-state index contributed by atoms with van der Waals surface area (Å²) in [5, 5.41) is 26.2. The number of hydrogen-bond donors (Lipinski definition) is 3. The highest BCUT2D eigenvalue weighted by Crippen LogP contribution is 2.24. The number of aromatic carboxylic acids is 2. The molecule has 1 aromatic carbocycles. The topological polar surface area (TPSA) is 104 Å². The van der Waals surface area contributed by atoms with Crippen LogP contribution in [0.15, 0.2) is 18.2 Å². The van der Waals surface area contributed by atoms with Crippen LogP contribution < -0.4 is 4.74 Å². The molecule has 0 atom stereocenters. The van der Waals surface area contributed by atoms with Gasteiger partial charge < -0.3 is 20.1 Å². The molecule has 1 rings (SSSR count). The summed E-state index contributed by atoms with van der Waals surface area (Å²) < 4.78 is 4.93. The molecule has 0 aliphatic heterocycles. The van der Waals surface area contributed by atoms with E-state index >= 15 is 0 Å². The van der Waals surface area contributed by atoms with Crippen LogP contribution in [0.2, 0.25) is 0 Å². The Morgan fingerprint density at radius 1 is 1.12 bits per heavy atom. The van der Waals surface area contributed by atoms with Crippen molar-refractivity contribution in [2.45, 2.75) is 0 Å². The first kappa shape index (κ1) is 12.0. The van der Waals surface area contributed by atoms with Crippen LogP contribution >= 0.6 is 0 Å². The average molecular weight is 226 g/mol. The molecule has 0 fully saturated rings. The maximum atomic E-state index is 10.8. The van der Waals surface area contributed by atoms with Gasteiger partial charge in [-0.1, -0.05) is 6.07 Å². The molecule has 0 spiro atoms. The van der Waals surface area contributed by atoms with Crippen molar-refractivity contribution in [3.63, 3.8) is 0 Å². The highest BCUT2D eigenvalue weighted by molar-refractivity contribution is 5.98. The van der Waals surface area contributed by atoms with Crippen molar-refractivity contribution < 1.29 is 29.6 Å². The molecule has 0 radical (unpaired) electrons. The van der Waals surface area contributed by atoms with Gasteiger partial charge >= 0.3 is 11.9 Å². The van der Waals surface area contributed by atoms with E-state index in [1.54, 1.807) is 0 Å². The lowest BCUT2D eigenvalue weighted by Crippen LogP contribution is -2.11. The SMILES string of the molecule is O=C(O)c1cccc(C(=O)O)c1OCCO. The van der Waals surface area contributed by atoms with E-state index in [2.05, 4.69) is 0 Å². The molecule has 0 bridgehead atoms. The Morgan fingerprint density at radius 3 is 2.00 bits per heavy atom. The summed E-state index contributed by atoms with van der Waals surface area (Å²) >= 11 is 0. The van der Waals surface area contributed by atoms with Crippen LogP contribution in [-0.2, 0) is 0 Å². The lowest BCUT2D eigenvalue weighted by atomic mass is 10.1. The standard InChI is InChI=1S/C10H10O6/c11-4-5-16-8-6(9(12)13)2-1-3-7(8)10(14)15/h1-3,11H,4-5H2,(H,12,13)(H,14,15). The number of ether oxygens (including phenoxy) is 1. The fourth-order valence-corrected chi connectivity index (χ4v) is 1.18. The molecule has 1 aromatic rings. The zero-order valence-electron chi connectivity index (χ0n) is 8.21. The molecule has 0 aliphatic rings. The second-order valence-electron chi connectivity index (χ2n) is 2.86. The molecule has 0 aliphatic carbocycles. The van der Waals surface area contributed by atoms with Crippen LogP contribution in [0.1, 0.15) is 20.7 Å². The third-order valence-corrected chi connectivity index (χ3v) is 1.81. The smallest absolute Gasteiger partial charge is 0.339 e. The molecule has 0 saturated carbocycles. The number of hydrogen-bond acceptors (Lipinski definition) is 4. The van der Waals surface area contributed by atoms with Gasteiger partial charge in [-0.3, -0.25) is 0 Å². The van der Waals surface area contributed by atoms with Gasteiger partial charge in [0.25, 0.3) is 0 Å². The van der Waals surface area contributed by atoms with Crippen LogP contribution in [0, 0.1) is 0 Å². The van der Waals surface area contributed by atoms with Gasteiger partial charge in [0.1, 0.15) is 23.5 Å². The van der Waals surface area contributed by atoms with Crippen LogP contribution in [0.5, 0.6) is 5.75 Å². The molecule has 6 heteroatoms. The Labute approximate surface area is 90.7 Å². The molecule has 16 heavy (non-hydrogen) atoms. The second kappa shape index (κ2) is 5.13. The van der Waals surface area contributed by atoms with Crippen molar-refractivity contribution >= 4 is 11.9 Å². The second-order valence-corrected chi connectivity index (χ2v) is 2.86. The minimum Gasteiger partial charge on any atom is -0.489 e. The largest absolute Gasteiger partial charge is 0.489 e. The molecule has 0 amide bonds. The first-order valence-corrected chi connectivity index (χ1v) is 4.41. The predicted molar refractivity (Wildman–Crippen MR) is 52.9 cm³/mol. The van der Waals surface area contributed by atoms with Gasteiger partial charge in [-0.2, -0.15) is 0 Å². The molecular formula is C10H10O6. The molecule has 0 aromatic heterocycles. The van der Waals surface area contributed by atoms with Gasteiger partial charge in [0.05, 0.1) is 6.61 Å². The lowest BCUT2D eigenvalue weighted by Gasteiger charge is -2.10. The monoisotopic (exact) mass is 226 g/mol. The molecule has 3 N–H and O–H groups in total. The Balaban J connectivity index is 3.23.